The molecule has 1 fully saturated rings. The maximum absolute atomic E-state index is 12.6. The van der Waals surface area contributed by atoms with E-state index in [1.54, 1.807) is 6.92 Å². The van der Waals surface area contributed by atoms with Gasteiger partial charge in [0, 0.05) is 6.42 Å². The lowest BCUT2D eigenvalue weighted by Crippen LogP contribution is -2.28. The molecule has 1 saturated heterocycles. The molecule has 0 spiro atoms. The van der Waals surface area contributed by atoms with Gasteiger partial charge >= 0.3 is 5.97 Å². The first kappa shape index (κ1) is 15.2. The predicted molar refractivity (Wildman–Crippen MR) is 74.5 cm³/mol. The number of ether oxygens (including phenoxy) is 2. The molecule has 0 radical (unpaired) electrons. The van der Waals surface area contributed by atoms with Gasteiger partial charge in [0.2, 0.25) is 13.7 Å². The van der Waals surface area contributed by atoms with Gasteiger partial charge in [-0.2, -0.15) is 0 Å². The molecule has 6 heteroatoms. The lowest BCUT2D eigenvalue weighted by molar-refractivity contribution is -0.169. The van der Waals surface area contributed by atoms with Crippen molar-refractivity contribution in [2.75, 3.05) is 6.61 Å². The monoisotopic (exact) mass is 298 g/mol. The van der Waals surface area contributed by atoms with E-state index in [1.807, 2.05) is 30.3 Å². The fourth-order valence-corrected chi connectivity index (χ4v) is 4.24. The molecule has 3 unspecified atom stereocenters. The van der Waals surface area contributed by atoms with Gasteiger partial charge < -0.3 is 14.4 Å². The molecule has 0 bridgehead atoms. The summed E-state index contributed by atoms with van der Waals surface area (Å²) in [6, 6.07) is 9.14. The van der Waals surface area contributed by atoms with Crippen molar-refractivity contribution in [3.8, 4) is 0 Å². The van der Waals surface area contributed by atoms with Gasteiger partial charge in [0.05, 0.1) is 12.8 Å². The zero-order valence-corrected chi connectivity index (χ0v) is 12.3. The second-order valence-electron chi connectivity index (χ2n) is 4.84. The van der Waals surface area contributed by atoms with E-state index in [1.165, 1.54) is 0 Å². The molecule has 1 heterocycles. The zero-order chi connectivity index (χ0) is 14.6. The van der Waals surface area contributed by atoms with Crippen LogP contribution in [0.15, 0.2) is 30.3 Å². The Morgan fingerprint density at radius 3 is 2.80 bits per heavy atom. The molecule has 2 rings (SSSR count). The molecule has 5 nitrogen and oxygen atoms in total. The first-order valence-corrected chi connectivity index (χ1v) is 8.61. The second kappa shape index (κ2) is 6.53. The number of carbonyl (C=O) groups excluding carboxylic acids is 1. The fraction of sp³-hybridized carbons (Fsp3) is 0.500. The summed E-state index contributed by atoms with van der Waals surface area (Å²) in [6.45, 7) is 2.01. The Morgan fingerprint density at radius 1 is 1.45 bits per heavy atom. The molecule has 1 aromatic carbocycles. The van der Waals surface area contributed by atoms with Crippen molar-refractivity contribution in [2.24, 2.45) is 0 Å². The molecule has 1 aliphatic rings. The molecule has 0 aliphatic carbocycles. The highest BCUT2D eigenvalue weighted by molar-refractivity contribution is 7.58. The summed E-state index contributed by atoms with van der Waals surface area (Å²) >= 11 is 0. The number of hydrogen-bond acceptors (Lipinski definition) is 4. The standard InChI is InChI=1S/C14H19O5P/c1-2-13(15)19-14-12(8-9-18-14)20(16,17)10-11-6-4-3-5-7-11/h3-7,12,14H,2,8-10H2,1H3,(H,16,17). The van der Waals surface area contributed by atoms with E-state index in [0.717, 1.165) is 5.56 Å². The summed E-state index contributed by atoms with van der Waals surface area (Å²) in [5.74, 6) is -0.415. The van der Waals surface area contributed by atoms with Gasteiger partial charge in [-0.3, -0.25) is 9.36 Å². The van der Waals surface area contributed by atoms with Crippen molar-refractivity contribution in [3.63, 3.8) is 0 Å². The van der Waals surface area contributed by atoms with E-state index in [0.29, 0.717) is 13.0 Å². The SMILES string of the molecule is CCC(=O)OC1OCCC1P(=O)(O)Cc1ccccc1. The Kier molecular flexibility index (Phi) is 4.97. The summed E-state index contributed by atoms with van der Waals surface area (Å²) in [5, 5.41) is 0. The molecule has 0 saturated carbocycles. The fourth-order valence-electron chi connectivity index (χ4n) is 2.23. The van der Waals surface area contributed by atoms with Crippen LogP contribution in [0.4, 0.5) is 0 Å². The molecular weight excluding hydrogens is 279 g/mol. The van der Waals surface area contributed by atoms with Crippen LogP contribution >= 0.6 is 7.37 Å². The van der Waals surface area contributed by atoms with Crippen LogP contribution in [0.25, 0.3) is 0 Å². The van der Waals surface area contributed by atoms with E-state index in [9.17, 15) is 14.3 Å². The third-order valence-corrected chi connectivity index (χ3v) is 5.67. The highest BCUT2D eigenvalue weighted by Crippen LogP contribution is 2.54. The van der Waals surface area contributed by atoms with Crippen molar-refractivity contribution in [1.29, 1.82) is 0 Å². The number of rotatable bonds is 5. The highest BCUT2D eigenvalue weighted by Gasteiger charge is 2.43. The topological polar surface area (TPSA) is 72.8 Å². The Balaban J connectivity index is 2.07. The van der Waals surface area contributed by atoms with Crippen molar-refractivity contribution in [1.82, 2.24) is 0 Å². The minimum absolute atomic E-state index is 0.0715. The molecule has 1 N–H and O–H groups in total. The molecule has 0 amide bonds. The summed E-state index contributed by atoms with van der Waals surface area (Å²) in [7, 11) is -3.49. The van der Waals surface area contributed by atoms with Crippen LogP contribution in [0, 0.1) is 0 Å². The van der Waals surface area contributed by atoms with Gasteiger partial charge in [0.1, 0.15) is 5.66 Å². The average Bonchev–Trinajstić information content (AvgIpc) is 2.88. The number of hydrogen-bond donors (Lipinski definition) is 1. The minimum Gasteiger partial charge on any atom is -0.435 e. The first-order valence-electron chi connectivity index (χ1n) is 6.69. The number of benzene rings is 1. The van der Waals surface area contributed by atoms with Crippen LogP contribution in [0.5, 0.6) is 0 Å². The smallest absolute Gasteiger partial charge is 0.307 e. The minimum atomic E-state index is -3.49. The maximum Gasteiger partial charge on any atom is 0.307 e. The van der Waals surface area contributed by atoms with Gasteiger partial charge in [-0.05, 0) is 12.0 Å². The molecule has 1 aliphatic heterocycles. The van der Waals surface area contributed by atoms with Crippen molar-refractivity contribution in [3.05, 3.63) is 35.9 Å². The molecule has 20 heavy (non-hydrogen) atoms. The number of esters is 1. The first-order chi connectivity index (χ1) is 9.53. The summed E-state index contributed by atoms with van der Waals surface area (Å²) in [6.07, 6.45) is -0.173. The van der Waals surface area contributed by atoms with Crippen LogP contribution in [-0.4, -0.2) is 29.4 Å². The third-order valence-electron chi connectivity index (χ3n) is 3.32. The Bertz CT molecular complexity index is 502. The lowest BCUT2D eigenvalue weighted by Gasteiger charge is -2.23. The summed E-state index contributed by atoms with van der Waals surface area (Å²) in [5.41, 5.74) is 0.156. The molecule has 3 atom stereocenters. The van der Waals surface area contributed by atoms with E-state index >= 15 is 0 Å². The van der Waals surface area contributed by atoms with Crippen LogP contribution in [-0.2, 0) is 25.0 Å². The van der Waals surface area contributed by atoms with E-state index in [2.05, 4.69) is 0 Å². The molecule has 110 valence electrons. The molecule has 0 aromatic heterocycles. The van der Waals surface area contributed by atoms with Crippen LogP contribution in [0.1, 0.15) is 25.3 Å². The Morgan fingerprint density at radius 2 is 2.15 bits per heavy atom. The van der Waals surface area contributed by atoms with Crippen molar-refractivity contribution >= 4 is 13.3 Å². The highest BCUT2D eigenvalue weighted by atomic mass is 31.2. The normalized spacial score (nSPS) is 25.1. The quantitative estimate of drug-likeness (QED) is 0.668. The second-order valence-corrected chi connectivity index (χ2v) is 7.33. The molecular formula is C14H19O5P. The predicted octanol–water partition coefficient (Wildman–Crippen LogP) is 2.53. The van der Waals surface area contributed by atoms with E-state index < -0.39 is 25.3 Å². The van der Waals surface area contributed by atoms with Gasteiger partial charge in [-0.1, -0.05) is 37.3 Å². The van der Waals surface area contributed by atoms with Crippen LogP contribution < -0.4 is 0 Å². The van der Waals surface area contributed by atoms with Crippen molar-refractivity contribution < 1.29 is 23.7 Å². The maximum atomic E-state index is 12.6. The van der Waals surface area contributed by atoms with Gasteiger partial charge in [0.25, 0.3) is 0 Å². The number of carbonyl (C=O) groups is 1. The average molecular weight is 298 g/mol. The van der Waals surface area contributed by atoms with Crippen molar-refractivity contribution in [2.45, 2.75) is 37.9 Å². The van der Waals surface area contributed by atoms with Gasteiger partial charge in [0.15, 0.2) is 0 Å². The molecule has 1 aromatic rings. The summed E-state index contributed by atoms with van der Waals surface area (Å²) < 4.78 is 22.9. The van der Waals surface area contributed by atoms with Gasteiger partial charge in [-0.15, -0.1) is 0 Å². The third kappa shape index (κ3) is 3.69. The van der Waals surface area contributed by atoms with Crippen LogP contribution in [0.2, 0.25) is 0 Å². The lowest BCUT2D eigenvalue weighted by atomic mass is 10.2. The largest absolute Gasteiger partial charge is 0.435 e. The van der Waals surface area contributed by atoms with E-state index in [-0.39, 0.29) is 12.6 Å². The zero-order valence-electron chi connectivity index (χ0n) is 11.4. The summed E-state index contributed by atoms with van der Waals surface area (Å²) in [4.78, 5) is 21.6. The Labute approximate surface area is 118 Å². The van der Waals surface area contributed by atoms with Gasteiger partial charge in [-0.25, -0.2) is 0 Å². The Hall–Kier alpha value is -1.16. The van der Waals surface area contributed by atoms with E-state index in [4.69, 9.17) is 9.47 Å². The van der Waals surface area contributed by atoms with Crippen LogP contribution in [0.3, 0.4) is 0 Å².